The fourth-order valence-electron chi connectivity index (χ4n) is 0.789. The lowest BCUT2D eigenvalue weighted by Gasteiger charge is -2.12. The number of benzene rings is 1. The monoisotopic (exact) mass is 219 g/mol. The molecule has 1 aromatic rings. The molecule has 1 rings (SSSR count). The van der Waals surface area contributed by atoms with E-state index in [2.05, 4.69) is 4.74 Å². The van der Waals surface area contributed by atoms with E-state index in [9.17, 15) is 4.79 Å². The van der Waals surface area contributed by atoms with E-state index in [0.29, 0.717) is 10.7 Å². The van der Waals surface area contributed by atoms with Gasteiger partial charge in [-0.3, -0.25) is 0 Å². The fraction of sp³-hybridized carbons (Fsp3) is 0.125. The number of carbonyl (C=O) groups excluding carboxylic acids is 1. The molecular weight excluding hydrogens is 213 g/mol. The number of hydrogen-bond acceptors (Lipinski definition) is 2. The number of carbonyl (C=O) groups is 1. The minimum absolute atomic E-state index is 0.392. The lowest BCUT2D eigenvalue weighted by atomic mass is 10.3. The molecule has 0 spiro atoms. The maximum absolute atomic E-state index is 11.0. The molecule has 0 fully saturated rings. The van der Waals surface area contributed by atoms with E-state index in [-0.39, 0.29) is 0 Å². The number of rotatable bonds is 1. The molecule has 0 atom stereocenters. The number of nitrogens with zero attached hydrogens (tertiary/aromatic N) is 1. The largest absolute Gasteiger partial charge is 0.452 e. The van der Waals surface area contributed by atoms with Crippen LogP contribution in [0.25, 0.3) is 0 Å². The summed E-state index contributed by atoms with van der Waals surface area (Å²) >= 11 is 11.4. The fourth-order valence-corrected chi connectivity index (χ4v) is 1.27. The van der Waals surface area contributed by atoms with Crippen LogP contribution in [0.4, 0.5) is 10.5 Å². The molecule has 1 aromatic carbocycles. The van der Waals surface area contributed by atoms with Crippen molar-refractivity contribution in [2.24, 2.45) is 0 Å². The lowest BCUT2D eigenvalue weighted by Crippen LogP contribution is -2.20. The highest BCUT2D eigenvalue weighted by Gasteiger charge is 2.15. The number of amides is 1. The topological polar surface area (TPSA) is 29.5 Å². The summed E-state index contributed by atoms with van der Waals surface area (Å²) in [6.45, 7) is 0. The lowest BCUT2D eigenvalue weighted by molar-refractivity contribution is 0.183. The summed E-state index contributed by atoms with van der Waals surface area (Å²) in [5.74, 6) is 0. The minimum Gasteiger partial charge on any atom is -0.452 e. The molecule has 0 aliphatic heterocycles. The van der Waals surface area contributed by atoms with Crippen LogP contribution in [-0.2, 0) is 4.74 Å². The highest BCUT2D eigenvalue weighted by molar-refractivity contribution is 6.40. The van der Waals surface area contributed by atoms with Gasteiger partial charge in [0, 0.05) is 11.8 Å². The number of ether oxygens (including phenoxy) is 1. The molecule has 0 heterocycles. The van der Waals surface area contributed by atoms with Crippen LogP contribution < -0.4 is 4.42 Å². The SMILES string of the molecule is COC(=O)N(Cl)c1ccccc1Cl. The predicted octanol–water partition coefficient (Wildman–Crippen LogP) is 3.07. The Labute approximate surface area is 85.9 Å². The maximum atomic E-state index is 11.0. The van der Waals surface area contributed by atoms with Crippen molar-refractivity contribution in [1.29, 1.82) is 0 Å². The molecule has 0 aromatic heterocycles. The minimum atomic E-state index is -0.672. The average molecular weight is 220 g/mol. The predicted molar refractivity (Wildman–Crippen MR) is 52.2 cm³/mol. The van der Waals surface area contributed by atoms with Crippen LogP contribution in [0.2, 0.25) is 5.02 Å². The van der Waals surface area contributed by atoms with Crippen LogP contribution in [-0.4, -0.2) is 13.2 Å². The summed E-state index contributed by atoms with van der Waals surface area (Å²) in [6.07, 6.45) is -0.672. The van der Waals surface area contributed by atoms with Crippen LogP contribution in [0.5, 0.6) is 0 Å². The molecular formula is C8H7Cl2NO2. The van der Waals surface area contributed by atoms with Gasteiger partial charge in [0.15, 0.2) is 0 Å². The highest BCUT2D eigenvalue weighted by atomic mass is 35.5. The molecule has 0 aliphatic rings. The highest BCUT2D eigenvalue weighted by Crippen LogP contribution is 2.26. The molecule has 1 amide bonds. The summed E-state index contributed by atoms with van der Waals surface area (Å²) in [7, 11) is 1.24. The molecule has 0 N–H and O–H groups in total. The molecule has 5 heteroatoms. The summed E-state index contributed by atoms with van der Waals surface area (Å²) < 4.78 is 5.24. The van der Waals surface area contributed by atoms with Crippen LogP contribution in [0.15, 0.2) is 24.3 Å². The normalized spacial score (nSPS) is 9.46. The van der Waals surface area contributed by atoms with Gasteiger partial charge < -0.3 is 4.74 Å². The van der Waals surface area contributed by atoms with Gasteiger partial charge in [-0.25, -0.2) is 4.79 Å². The Morgan fingerprint density at radius 3 is 2.62 bits per heavy atom. The average Bonchev–Trinajstić information content (AvgIpc) is 2.16. The first kappa shape index (κ1) is 10.2. The van der Waals surface area contributed by atoms with Crippen molar-refractivity contribution in [2.45, 2.75) is 0 Å². The zero-order valence-corrected chi connectivity index (χ0v) is 8.34. The Bertz CT molecular complexity index is 317. The molecule has 13 heavy (non-hydrogen) atoms. The Hall–Kier alpha value is -0.930. The second kappa shape index (κ2) is 4.35. The van der Waals surface area contributed by atoms with Gasteiger partial charge in [-0.05, 0) is 12.1 Å². The van der Waals surface area contributed by atoms with Crippen molar-refractivity contribution in [3.05, 3.63) is 29.3 Å². The van der Waals surface area contributed by atoms with Gasteiger partial charge >= 0.3 is 6.09 Å². The van der Waals surface area contributed by atoms with Crippen LogP contribution in [0.3, 0.4) is 0 Å². The van der Waals surface area contributed by atoms with E-state index in [0.717, 1.165) is 4.42 Å². The number of para-hydroxylation sites is 1. The van der Waals surface area contributed by atoms with Gasteiger partial charge in [0.05, 0.1) is 17.8 Å². The van der Waals surface area contributed by atoms with Gasteiger partial charge in [-0.2, -0.15) is 4.42 Å². The Kier molecular flexibility index (Phi) is 3.39. The van der Waals surface area contributed by atoms with Crippen molar-refractivity contribution >= 4 is 35.2 Å². The summed E-state index contributed by atoms with van der Waals surface area (Å²) in [5, 5.41) is 0.392. The summed E-state index contributed by atoms with van der Waals surface area (Å²) in [4.78, 5) is 11.0. The molecule has 0 aliphatic carbocycles. The van der Waals surface area contributed by atoms with E-state index in [4.69, 9.17) is 23.4 Å². The zero-order chi connectivity index (χ0) is 9.84. The second-order valence-electron chi connectivity index (χ2n) is 2.20. The maximum Gasteiger partial charge on any atom is 0.429 e. The number of halogens is 2. The Balaban J connectivity index is 2.95. The first-order valence-electron chi connectivity index (χ1n) is 3.45. The molecule has 0 saturated heterocycles. The smallest absolute Gasteiger partial charge is 0.429 e. The summed E-state index contributed by atoms with van der Waals surface area (Å²) in [5.41, 5.74) is 0.401. The molecule has 3 nitrogen and oxygen atoms in total. The van der Waals surface area contributed by atoms with Gasteiger partial charge in [-0.1, -0.05) is 23.7 Å². The van der Waals surface area contributed by atoms with Gasteiger partial charge in [0.2, 0.25) is 0 Å². The van der Waals surface area contributed by atoms with Crippen LogP contribution in [0.1, 0.15) is 0 Å². The molecule has 0 bridgehead atoms. The quantitative estimate of drug-likeness (QED) is 0.680. The van der Waals surface area contributed by atoms with E-state index < -0.39 is 6.09 Å². The van der Waals surface area contributed by atoms with Crippen LogP contribution >= 0.6 is 23.4 Å². The van der Waals surface area contributed by atoms with E-state index >= 15 is 0 Å². The Morgan fingerprint density at radius 1 is 1.46 bits per heavy atom. The summed E-state index contributed by atoms with van der Waals surface area (Å²) in [6, 6.07) is 6.72. The van der Waals surface area contributed by atoms with Crippen molar-refractivity contribution in [2.75, 3.05) is 11.5 Å². The van der Waals surface area contributed by atoms with Crippen LogP contribution in [0, 0.1) is 0 Å². The van der Waals surface area contributed by atoms with Crippen molar-refractivity contribution in [1.82, 2.24) is 0 Å². The molecule has 0 saturated carbocycles. The standard InChI is InChI=1S/C8H7Cl2NO2/c1-13-8(12)11(10)7-5-3-2-4-6(7)9/h2-5H,1H3. The van der Waals surface area contributed by atoms with Crippen molar-refractivity contribution in [3.8, 4) is 0 Å². The number of anilines is 1. The number of hydrogen-bond donors (Lipinski definition) is 0. The first-order chi connectivity index (χ1) is 6.16. The second-order valence-corrected chi connectivity index (χ2v) is 2.95. The van der Waals surface area contributed by atoms with E-state index in [1.54, 1.807) is 24.3 Å². The zero-order valence-electron chi connectivity index (χ0n) is 6.83. The van der Waals surface area contributed by atoms with Crippen molar-refractivity contribution < 1.29 is 9.53 Å². The number of methoxy groups -OCH3 is 1. The Morgan fingerprint density at radius 2 is 2.08 bits per heavy atom. The van der Waals surface area contributed by atoms with E-state index in [1.807, 2.05) is 0 Å². The molecule has 70 valence electrons. The van der Waals surface area contributed by atoms with E-state index in [1.165, 1.54) is 7.11 Å². The van der Waals surface area contributed by atoms with Crippen molar-refractivity contribution in [3.63, 3.8) is 0 Å². The molecule has 0 radical (unpaired) electrons. The third-order valence-corrected chi connectivity index (χ3v) is 2.04. The van der Waals surface area contributed by atoms with Gasteiger partial charge in [-0.15, -0.1) is 0 Å². The van der Waals surface area contributed by atoms with Gasteiger partial charge in [0.1, 0.15) is 0 Å². The molecule has 0 unspecified atom stereocenters. The van der Waals surface area contributed by atoms with Gasteiger partial charge in [0.25, 0.3) is 0 Å². The third kappa shape index (κ3) is 2.26. The first-order valence-corrected chi connectivity index (χ1v) is 4.17. The third-order valence-electron chi connectivity index (χ3n) is 1.40.